The number of fused-ring (bicyclic) bond motifs is 1. The summed E-state index contributed by atoms with van der Waals surface area (Å²) in [6, 6.07) is 3.77. The van der Waals surface area contributed by atoms with E-state index in [-0.39, 0.29) is 5.91 Å². The Bertz CT molecular complexity index is 982. The molecule has 0 unspecified atom stereocenters. The smallest absolute Gasteiger partial charge is 0.260 e. The molecule has 7 heteroatoms. The second-order valence-corrected chi connectivity index (χ2v) is 6.72. The van der Waals surface area contributed by atoms with Crippen LogP contribution in [0, 0.1) is 6.92 Å². The van der Waals surface area contributed by atoms with Gasteiger partial charge in [0, 0.05) is 25.0 Å². The molecular weight excluding hydrogens is 368 g/mol. The summed E-state index contributed by atoms with van der Waals surface area (Å²) < 4.78 is 11.1. The van der Waals surface area contributed by atoms with Crippen LogP contribution in [0.4, 0.5) is 0 Å². The number of hydrogen-bond donors (Lipinski definition) is 0. The fourth-order valence-electron chi connectivity index (χ4n) is 3.32. The number of rotatable bonds is 7. The Morgan fingerprint density at radius 2 is 2.17 bits per heavy atom. The number of carbonyl (C=O) groups is 1. The maximum Gasteiger partial charge on any atom is 0.260 e. The number of aryl methyl sites for hydroxylation is 1. The molecule has 1 aliphatic rings. The molecule has 0 spiro atoms. The van der Waals surface area contributed by atoms with Gasteiger partial charge in [-0.15, -0.1) is 0 Å². The number of allylic oxidation sites excluding steroid dienone is 2. The topological polar surface area (TPSA) is 76.9 Å². The molecule has 0 saturated heterocycles. The molecule has 7 nitrogen and oxygen atoms in total. The number of nitrogens with zero attached hydrogens (tertiary/aromatic N) is 4. The molecule has 29 heavy (non-hydrogen) atoms. The standard InChI is InChI=1S/C22H26N4O3/c1-6-8-29-21-19(28-5)10-15(11-24-21)17-9-14(3)20-18(25-17)13-26(22(20)27)16(7-2)12-23-4/h7,9-12H,6,8,13H2,1-5H3/b16-7+,23-12?. The van der Waals surface area contributed by atoms with E-state index in [0.29, 0.717) is 30.3 Å². The summed E-state index contributed by atoms with van der Waals surface area (Å²) in [5.41, 5.74) is 4.60. The van der Waals surface area contributed by atoms with E-state index in [1.165, 1.54) is 0 Å². The van der Waals surface area contributed by atoms with Crippen molar-refractivity contribution in [1.29, 1.82) is 0 Å². The van der Waals surface area contributed by atoms with Crippen LogP contribution in [0.2, 0.25) is 0 Å². The summed E-state index contributed by atoms with van der Waals surface area (Å²) in [5.74, 6) is 0.974. The summed E-state index contributed by atoms with van der Waals surface area (Å²) in [6.45, 7) is 6.84. The lowest BCUT2D eigenvalue weighted by molar-refractivity contribution is 0.0834. The van der Waals surface area contributed by atoms with Crippen molar-refractivity contribution in [1.82, 2.24) is 14.9 Å². The molecule has 3 rings (SSSR count). The van der Waals surface area contributed by atoms with Crippen LogP contribution in [0.25, 0.3) is 11.3 Å². The first kappa shape index (κ1) is 20.5. The first-order valence-electron chi connectivity index (χ1n) is 9.62. The van der Waals surface area contributed by atoms with Crippen molar-refractivity contribution in [2.24, 2.45) is 4.99 Å². The molecule has 0 atom stereocenters. The number of aromatic nitrogens is 2. The van der Waals surface area contributed by atoms with Crippen molar-refractivity contribution < 1.29 is 14.3 Å². The second-order valence-electron chi connectivity index (χ2n) is 6.72. The van der Waals surface area contributed by atoms with Gasteiger partial charge in [-0.2, -0.15) is 0 Å². The van der Waals surface area contributed by atoms with Crippen molar-refractivity contribution in [3.63, 3.8) is 0 Å². The number of aliphatic imine (C=N–C) groups is 1. The minimum absolute atomic E-state index is 0.0523. The quantitative estimate of drug-likeness (QED) is 0.668. The van der Waals surface area contributed by atoms with Crippen molar-refractivity contribution in [2.45, 2.75) is 33.7 Å². The molecule has 0 radical (unpaired) electrons. The maximum atomic E-state index is 12.9. The van der Waals surface area contributed by atoms with E-state index in [9.17, 15) is 4.79 Å². The lowest BCUT2D eigenvalue weighted by Gasteiger charge is -2.15. The molecule has 0 saturated carbocycles. The first-order valence-corrected chi connectivity index (χ1v) is 9.62. The van der Waals surface area contributed by atoms with E-state index in [1.54, 1.807) is 31.5 Å². The number of amides is 1. The Morgan fingerprint density at radius 3 is 2.83 bits per heavy atom. The predicted octanol–water partition coefficient (Wildman–Crippen LogP) is 3.81. The van der Waals surface area contributed by atoms with E-state index in [2.05, 4.69) is 9.98 Å². The van der Waals surface area contributed by atoms with Gasteiger partial charge in [-0.25, -0.2) is 4.98 Å². The number of hydrogen-bond acceptors (Lipinski definition) is 6. The second kappa shape index (κ2) is 8.86. The van der Waals surface area contributed by atoms with Crippen molar-refractivity contribution in [3.05, 3.63) is 46.9 Å². The maximum absolute atomic E-state index is 12.9. The summed E-state index contributed by atoms with van der Waals surface area (Å²) in [7, 11) is 3.28. The van der Waals surface area contributed by atoms with Gasteiger partial charge in [0.2, 0.25) is 0 Å². The highest BCUT2D eigenvalue weighted by molar-refractivity contribution is 6.03. The Morgan fingerprint density at radius 1 is 1.38 bits per heavy atom. The number of ether oxygens (including phenoxy) is 2. The molecule has 1 amide bonds. The van der Waals surface area contributed by atoms with Crippen LogP contribution in [-0.2, 0) is 6.54 Å². The van der Waals surface area contributed by atoms with Gasteiger partial charge in [-0.1, -0.05) is 13.0 Å². The van der Waals surface area contributed by atoms with Gasteiger partial charge >= 0.3 is 0 Å². The van der Waals surface area contributed by atoms with Crippen molar-refractivity contribution >= 4 is 12.1 Å². The van der Waals surface area contributed by atoms with Gasteiger partial charge in [-0.3, -0.25) is 14.8 Å². The van der Waals surface area contributed by atoms with Gasteiger partial charge in [0.1, 0.15) is 0 Å². The molecule has 0 bridgehead atoms. The average molecular weight is 394 g/mol. The molecule has 1 aliphatic heterocycles. The van der Waals surface area contributed by atoms with Crippen LogP contribution >= 0.6 is 0 Å². The molecule has 3 heterocycles. The molecule has 2 aromatic heterocycles. The van der Waals surface area contributed by atoms with E-state index in [1.807, 2.05) is 39.0 Å². The lowest BCUT2D eigenvalue weighted by atomic mass is 10.0. The summed E-state index contributed by atoms with van der Waals surface area (Å²) in [6.07, 6.45) is 6.16. The Balaban J connectivity index is 1.98. The summed E-state index contributed by atoms with van der Waals surface area (Å²) >= 11 is 0. The third-order valence-electron chi connectivity index (χ3n) is 4.70. The zero-order valence-electron chi connectivity index (χ0n) is 17.5. The van der Waals surface area contributed by atoms with E-state index >= 15 is 0 Å². The van der Waals surface area contributed by atoms with Crippen LogP contribution in [0.3, 0.4) is 0 Å². The molecule has 0 aliphatic carbocycles. The lowest BCUT2D eigenvalue weighted by Crippen LogP contribution is -2.24. The van der Waals surface area contributed by atoms with Crippen LogP contribution in [0.1, 0.15) is 41.9 Å². The minimum atomic E-state index is -0.0523. The highest BCUT2D eigenvalue weighted by atomic mass is 16.5. The Hall–Kier alpha value is -3.22. The molecule has 0 aromatic carbocycles. The van der Waals surface area contributed by atoms with Crippen LogP contribution in [0.5, 0.6) is 11.6 Å². The monoisotopic (exact) mass is 394 g/mol. The number of methoxy groups -OCH3 is 1. The van der Waals surface area contributed by atoms with Gasteiger partial charge in [0.15, 0.2) is 5.75 Å². The first-order chi connectivity index (χ1) is 14.0. The molecule has 152 valence electrons. The molecular formula is C22H26N4O3. The average Bonchev–Trinajstić information content (AvgIpc) is 3.06. The SMILES string of the molecule is C/C=C(\C=NC)N1Cc2nc(-c3cnc(OCCC)c(OC)c3)cc(C)c2C1=O. The number of carbonyl (C=O) groups excluding carboxylic acids is 1. The third-order valence-corrected chi connectivity index (χ3v) is 4.70. The van der Waals surface area contributed by atoms with E-state index < -0.39 is 0 Å². The summed E-state index contributed by atoms with van der Waals surface area (Å²) in [5, 5.41) is 0. The highest BCUT2D eigenvalue weighted by Crippen LogP contribution is 2.33. The zero-order chi connectivity index (χ0) is 21.0. The van der Waals surface area contributed by atoms with Crippen LogP contribution < -0.4 is 9.47 Å². The predicted molar refractivity (Wildman–Crippen MR) is 113 cm³/mol. The van der Waals surface area contributed by atoms with Gasteiger partial charge in [0.05, 0.1) is 42.9 Å². The zero-order valence-corrected chi connectivity index (χ0v) is 17.5. The van der Waals surface area contributed by atoms with Crippen molar-refractivity contribution in [3.8, 4) is 22.9 Å². The van der Waals surface area contributed by atoms with E-state index in [4.69, 9.17) is 14.5 Å². The van der Waals surface area contributed by atoms with Gasteiger partial charge in [0.25, 0.3) is 11.8 Å². The fourth-order valence-corrected chi connectivity index (χ4v) is 3.32. The number of pyridine rings is 2. The fraction of sp³-hybridized carbons (Fsp3) is 0.364. The van der Waals surface area contributed by atoms with Crippen LogP contribution in [0.15, 0.2) is 35.1 Å². The molecule has 0 N–H and O–H groups in total. The Labute approximate surface area is 171 Å². The Kier molecular flexibility index (Phi) is 6.26. The largest absolute Gasteiger partial charge is 0.491 e. The highest BCUT2D eigenvalue weighted by Gasteiger charge is 2.32. The summed E-state index contributed by atoms with van der Waals surface area (Å²) in [4.78, 5) is 27.8. The van der Waals surface area contributed by atoms with Crippen molar-refractivity contribution in [2.75, 3.05) is 20.8 Å². The minimum Gasteiger partial charge on any atom is -0.491 e. The molecule has 0 fully saturated rings. The van der Waals surface area contributed by atoms with Gasteiger partial charge in [-0.05, 0) is 38.0 Å². The molecule has 2 aromatic rings. The van der Waals surface area contributed by atoms with Crippen LogP contribution in [-0.4, -0.2) is 47.8 Å². The van der Waals surface area contributed by atoms with E-state index in [0.717, 1.165) is 34.6 Å². The normalized spacial score (nSPS) is 13.9. The third kappa shape index (κ3) is 3.99. The van der Waals surface area contributed by atoms with Gasteiger partial charge < -0.3 is 14.4 Å².